The molecule has 0 unspecified atom stereocenters. The Balaban J connectivity index is 1.65. The van der Waals surface area contributed by atoms with Crippen LogP contribution < -0.4 is 5.32 Å². The van der Waals surface area contributed by atoms with E-state index in [1.807, 2.05) is 19.1 Å². The summed E-state index contributed by atoms with van der Waals surface area (Å²) < 4.78 is 0. The van der Waals surface area contributed by atoms with Crippen molar-refractivity contribution in [2.24, 2.45) is 0 Å². The van der Waals surface area contributed by atoms with E-state index in [4.69, 9.17) is 0 Å². The molecule has 0 atom stereocenters. The van der Waals surface area contributed by atoms with Crippen molar-refractivity contribution in [1.29, 1.82) is 0 Å². The second-order valence-corrected chi connectivity index (χ2v) is 6.79. The van der Waals surface area contributed by atoms with Gasteiger partial charge in [0.1, 0.15) is 5.01 Å². The zero-order valence-electron chi connectivity index (χ0n) is 13.7. The first kappa shape index (κ1) is 16.3. The van der Waals surface area contributed by atoms with Crippen LogP contribution in [0.1, 0.15) is 21.7 Å². The first-order chi connectivity index (χ1) is 11.6. The highest BCUT2D eigenvalue weighted by atomic mass is 32.1. The lowest BCUT2D eigenvalue weighted by atomic mass is 10.2. The molecule has 0 saturated heterocycles. The van der Waals surface area contributed by atoms with Crippen LogP contribution in [0.3, 0.4) is 0 Å². The maximum absolute atomic E-state index is 12.2. The molecule has 122 valence electrons. The molecule has 3 aromatic rings. The highest BCUT2D eigenvalue weighted by Gasteiger charge is 2.13. The minimum Gasteiger partial charge on any atom is -0.352 e. The number of amides is 1. The third-order valence-corrected chi connectivity index (χ3v) is 4.96. The number of rotatable bonds is 5. The standard InChI is InChI=1S/C19H19N3OS/c1-13-3-5-16(6-4-13)19-22-14(2)17(24-19)11-18(23)21-12-15-7-9-20-10-8-15/h3-10H,11-12H2,1-2H3,(H,21,23). The lowest BCUT2D eigenvalue weighted by Gasteiger charge is -2.04. The maximum atomic E-state index is 12.2. The van der Waals surface area contributed by atoms with Crippen molar-refractivity contribution in [2.45, 2.75) is 26.8 Å². The molecule has 3 rings (SSSR count). The third kappa shape index (κ3) is 4.06. The van der Waals surface area contributed by atoms with Crippen molar-refractivity contribution < 1.29 is 4.79 Å². The molecule has 0 radical (unpaired) electrons. The van der Waals surface area contributed by atoms with E-state index in [1.54, 1.807) is 23.7 Å². The molecule has 0 aliphatic rings. The Kier molecular flexibility index (Phi) is 5.01. The molecule has 0 bridgehead atoms. The van der Waals surface area contributed by atoms with E-state index in [-0.39, 0.29) is 5.91 Å². The average Bonchev–Trinajstić information content (AvgIpc) is 2.95. The van der Waals surface area contributed by atoms with Crippen LogP contribution in [0.4, 0.5) is 0 Å². The molecule has 0 aliphatic carbocycles. The first-order valence-corrected chi connectivity index (χ1v) is 8.62. The van der Waals surface area contributed by atoms with Crippen molar-refractivity contribution in [3.8, 4) is 10.6 Å². The van der Waals surface area contributed by atoms with Gasteiger partial charge in [-0.3, -0.25) is 9.78 Å². The normalized spacial score (nSPS) is 10.6. The topological polar surface area (TPSA) is 54.9 Å². The zero-order valence-corrected chi connectivity index (χ0v) is 14.6. The molecule has 0 aliphatic heterocycles. The number of thiazole rings is 1. The van der Waals surface area contributed by atoms with Gasteiger partial charge in [0, 0.05) is 29.4 Å². The highest BCUT2D eigenvalue weighted by Crippen LogP contribution is 2.28. The second kappa shape index (κ2) is 7.36. The number of pyridine rings is 1. The van der Waals surface area contributed by atoms with E-state index in [2.05, 4.69) is 46.5 Å². The van der Waals surface area contributed by atoms with Crippen LogP contribution in [-0.4, -0.2) is 15.9 Å². The van der Waals surface area contributed by atoms with Gasteiger partial charge in [-0.1, -0.05) is 29.8 Å². The largest absolute Gasteiger partial charge is 0.352 e. The maximum Gasteiger partial charge on any atom is 0.225 e. The van der Waals surface area contributed by atoms with Crippen molar-refractivity contribution in [2.75, 3.05) is 0 Å². The Hall–Kier alpha value is -2.53. The number of nitrogens with zero attached hydrogens (tertiary/aromatic N) is 2. The SMILES string of the molecule is Cc1ccc(-c2nc(C)c(CC(=O)NCc3ccncc3)s2)cc1. The van der Waals surface area contributed by atoms with E-state index in [1.165, 1.54) is 5.56 Å². The molecule has 0 spiro atoms. The number of aromatic nitrogens is 2. The summed E-state index contributed by atoms with van der Waals surface area (Å²) in [6.45, 7) is 4.54. The van der Waals surface area contributed by atoms with E-state index < -0.39 is 0 Å². The fourth-order valence-electron chi connectivity index (χ4n) is 2.32. The summed E-state index contributed by atoms with van der Waals surface area (Å²) in [5, 5.41) is 3.91. The molecule has 2 aromatic heterocycles. The van der Waals surface area contributed by atoms with Crippen molar-refractivity contribution in [3.05, 3.63) is 70.5 Å². The van der Waals surface area contributed by atoms with E-state index >= 15 is 0 Å². The molecule has 1 aromatic carbocycles. The molecule has 2 heterocycles. The van der Waals surface area contributed by atoms with Crippen LogP contribution in [0.2, 0.25) is 0 Å². The minimum atomic E-state index is 0.00835. The van der Waals surface area contributed by atoms with Crippen LogP contribution in [0.5, 0.6) is 0 Å². The third-order valence-electron chi connectivity index (χ3n) is 3.75. The molecule has 1 N–H and O–H groups in total. The van der Waals surface area contributed by atoms with Gasteiger partial charge in [-0.05, 0) is 31.5 Å². The molecule has 24 heavy (non-hydrogen) atoms. The molecular weight excluding hydrogens is 318 g/mol. The summed E-state index contributed by atoms with van der Waals surface area (Å²) in [6, 6.07) is 12.1. The Morgan fingerprint density at radius 1 is 1.08 bits per heavy atom. The van der Waals surface area contributed by atoms with Crippen molar-refractivity contribution >= 4 is 17.2 Å². The predicted molar refractivity (Wildman–Crippen MR) is 96.8 cm³/mol. The van der Waals surface area contributed by atoms with Crippen LogP contribution in [0.25, 0.3) is 10.6 Å². The number of hydrogen-bond acceptors (Lipinski definition) is 4. The van der Waals surface area contributed by atoms with Crippen LogP contribution in [0.15, 0.2) is 48.8 Å². The number of nitrogens with one attached hydrogen (secondary N) is 1. The van der Waals surface area contributed by atoms with Gasteiger partial charge >= 0.3 is 0 Å². The molecule has 5 heteroatoms. The lowest BCUT2D eigenvalue weighted by Crippen LogP contribution is -2.24. The number of carbonyl (C=O) groups is 1. The van der Waals surface area contributed by atoms with E-state index in [9.17, 15) is 4.79 Å². The fourth-order valence-corrected chi connectivity index (χ4v) is 3.39. The number of aryl methyl sites for hydroxylation is 2. The number of benzene rings is 1. The quantitative estimate of drug-likeness (QED) is 0.773. The van der Waals surface area contributed by atoms with E-state index in [0.717, 1.165) is 26.7 Å². The van der Waals surface area contributed by atoms with Crippen LogP contribution in [0, 0.1) is 13.8 Å². The number of carbonyl (C=O) groups excluding carboxylic acids is 1. The minimum absolute atomic E-state index is 0.00835. The molecule has 4 nitrogen and oxygen atoms in total. The fraction of sp³-hybridized carbons (Fsp3) is 0.211. The molecule has 1 amide bonds. The highest BCUT2D eigenvalue weighted by molar-refractivity contribution is 7.15. The second-order valence-electron chi connectivity index (χ2n) is 5.70. The summed E-state index contributed by atoms with van der Waals surface area (Å²) in [6.07, 6.45) is 3.81. The predicted octanol–water partition coefficient (Wildman–Crippen LogP) is 3.68. The monoisotopic (exact) mass is 337 g/mol. The Labute approximate surface area is 145 Å². The van der Waals surface area contributed by atoms with Gasteiger partial charge in [0.25, 0.3) is 0 Å². The summed E-state index contributed by atoms with van der Waals surface area (Å²) in [4.78, 5) is 21.8. The van der Waals surface area contributed by atoms with Gasteiger partial charge in [0.05, 0.1) is 12.1 Å². The van der Waals surface area contributed by atoms with Gasteiger partial charge < -0.3 is 5.32 Å². The zero-order chi connectivity index (χ0) is 16.9. The van der Waals surface area contributed by atoms with Crippen molar-refractivity contribution in [1.82, 2.24) is 15.3 Å². The average molecular weight is 337 g/mol. The smallest absolute Gasteiger partial charge is 0.225 e. The van der Waals surface area contributed by atoms with Crippen LogP contribution in [-0.2, 0) is 17.8 Å². The van der Waals surface area contributed by atoms with Gasteiger partial charge in [-0.15, -0.1) is 11.3 Å². The van der Waals surface area contributed by atoms with Crippen molar-refractivity contribution in [3.63, 3.8) is 0 Å². The van der Waals surface area contributed by atoms with Gasteiger partial charge in [0.15, 0.2) is 0 Å². The summed E-state index contributed by atoms with van der Waals surface area (Å²) in [7, 11) is 0. The Bertz CT molecular complexity index is 826. The summed E-state index contributed by atoms with van der Waals surface area (Å²) in [5.41, 5.74) is 4.29. The molecule has 0 fully saturated rings. The summed E-state index contributed by atoms with van der Waals surface area (Å²) >= 11 is 1.59. The van der Waals surface area contributed by atoms with E-state index in [0.29, 0.717) is 13.0 Å². The van der Waals surface area contributed by atoms with Gasteiger partial charge in [-0.25, -0.2) is 4.98 Å². The lowest BCUT2D eigenvalue weighted by molar-refractivity contribution is -0.120. The Morgan fingerprint density at radius 2 is 1.79 bits per heavy atom. The first-order valence-electron chi connectivity index (χ1n) is 7.81. The molecule has 0 saturated carbocycles. The number of hydrogen-bond donors (Lipinski definition) is 1. The molecular formula is C19H19N3OS. The Morgan fingerprint density at radius 3 is 2.50 bits per heavy atom. The van der Waals surface area contributed by atoms with Gasteiger partial charge in [-0.2, -0.15) is 0 Å². The summed E-state index contributed by atoms with van der Waals surface area (Å²) in [5.74, 6) is 0.00835. The van der Waals surface area contributed by atoms with Gasteiger partial charge in [0.2, 0.25) is 5.91 Å². The van der Waals surface area contributed by atoms with Crippen LogP contribution >= 0.6 is 11.3 Å².